The molecule has 0 aromatic heterocycles. The Hall–Kier alpha value is -2.33. The molecule has 0 saturated heterocycles. The van der Waals surface area contributed by atoms with Crippen LogP contribution in [-0.4, -0.2) is 17.6 Å². The van der Waals surface area contributed by atoms with Crippen LogP contribution in [0.5, 0.6) is 0 Å². The van der Waals surface area contributed by atoms with Gasteiger partial charge in [0.05, 0.1) is 11.6 Å². The number of hydrogen-bond donors (Lipinski definition) is 1. The van der Waals surface area contributed by atoms with Crippen molar-refractivity contribution >= 4 is 27.6 Å². The molecule has 2 aromatic carbocycles. The van der Waals surface area contributed by atoms with Gasteiger partial charge in [-0.05, 0) is 65.6 Å². The number of hydrogen-bond acceptors (Lipinski definition) is 2. The van der Waals surface area contributed by atoms with Crippen molar-refractivity contribution in [1.29, 1.82) is 0 Å². The molecule has 1 N–H and O–H groups in total. The van der Waals surface area contributed by atoms with Crippen molar-refractivity contribution in [3.8, 4) is 0 Å². The van der Waals surface area contributed by atoms with Crippen LogP contribution in [0.2, 0.25) is 0 Å². The van der Waals surface area contributed by atoms with Gasteiger partial charge in [0, 0.05) is 28.5 Å². The Balaban J connectivity index is 1.59. The van der Waals surface area contributed by atoms with Crippen molar-refractivity contribution in [3.05, 3.63) is 87.4 Å². The number of nitrogens with zero attached hydrogens (tertiary/aromatic N) is 1. The number of fused-ring (bicyclic) bond motifs is 4. The highest BCUT2D eigenvalue weighted by atomic mass is 79.9. The number of carbonyl (C=O) groups is 1. The third-order valence-electron chi connectivity index (χ3n) is 7.31. The predicted molar refractivity (Wildman–Crippen MR) is 118 cm³/mol. The number of allylic oxidation sites excluding steroid dienone is 3. The Kier molecular flexibility index (Phi) is 3.83. The number of halogens is 1. The van der Waals surface area contributed by atoms with Crippen LogP contribution in [0.15, 0.2) is 65.2 Å². The van der Waals surface area contributed by atoms with Crippen molar-refractivity contribution in [3.63, 3.8) is 0 Å². The Morgan fingerprint density at radius 3 is 2.59 bits per heavy atom. The molecule has 2 heterocycles. The van der Waals surface area contributed by atoms with Crippen molar-refractivity contribution in [1.82, 2.24) is 0 Å². The predicted octanol–water partition coefficient (Wildman–Crippen LogP) is 6.04. The maximum Gasteiger partial charge on any atom is 0.335 e. The minimum Gasteiger partial charge on any atom is -0.478 e. The summed E-state index contributed by atoms with van der Waals surface area (Å²) in [5, 5.41) is 9.78. The lowest BCUT2D eigenvalue weighted by atomic mass is 9.70. The molecule has 4 heteroatoms. The first-order valence-electron chi connectivity index (χ1n) is 10.4. The lowest BCUT2D eigenvalue weighted by molar-refractivity contribution is 0.0696. The summed E-state index contributed by atoms with van der Waals surface area (Å²) in [6.07, 6.45) is 11.3. The zero-order chi connectivity index (χ0) is 19.7. The van der Waals surface area contributed by atoms with Crippen LogP contribution < -0.4 is 4.90 Å². The molecule has 0 spiro atoms. The number of benzene rings is 2. The Labute approximate surface area is 178 Å². The van der Waals surface area contributed by atoms with Gasteiger partial charge in [0.15, 0.2) is 0 Å². The molecule has 5 atom stereocenters. The van der Waals surface area contributed by atoms with E-state index in [9.17, 15) is 9.90 Å². The molecule has 0 unspecified atom stereocenters. The van der Waals surface area contributed by atoms with Gasteiger partial charge >= 0.3 is 5.97 Å². The summed E-state index contributed by atoms with van der Waals surface area (Å²) in [5.74, 6) is 0.786. The molecule has 0 radical (unpaired) electrons. The molecule has 0 amide bonds. The summed E-state index contributed by atoms with van der Waals surface area (Å²) in [4.78, 5) is 14.5. The summed E-state index contributed by atoms with van der Waals surface area (Å²) in [6, 6.07) is 13.0. The molecular weight excluding hydrogens is 426 g/mol. The molecule has 146 valence electrons. The van der Waals surface area contributed by atoms with Gasteiger partial charge in [-0.15, -0.1) is 0 Å². The monoisotopic (exact) mass is 447 g/mol. The van der Waals surface area contributed by atoms with Gasteiger partial charge in [0.25, 0.3) is 0 Å². The van der Waals surface area contributed by atoms with E-state index < -0.39 is 5.97 Å². The zero-order valence-electron chi connectivity index (χ0n) is 16.0. The Morgan fingerprint density at radius 1 is 1.03 bits per heavy atom. The molecule has 2 aromatic rings. The second-order valence-electron chi connectivity index (χ2n) is 8.75. The first-order valence-corrected chi connectivity index (χ1v) is 11.2. The van der Waals surface area contributed by atoms with Gasteiger partial charge in [-0.3, -0.25) is 0 Å². The Bertz CT molecular complexity index is 1070. The maximum absolute atomic E-state index is 11.9. The molecule has 6 rings (SSSR count). The average molecular weight is 448 g/mol. The fourth-order valence-electron chi connectivity index (χ4n) is 6.12. The van der Waals surface area contributed by atoms with E-state index in [1.165, 1.54) is 22.4 Å². The molecule has 4 aliphatic rings. The minimum absolute atomic E-state index is 0.301. The lowest BCUT2D eigenvalue weighted by Crippen LogP contribution is -2.46. The van der Waals surface area contributed by atoms with E-state index in [0.717, 1.165) is 23.9 Å². The highest BCUT2D eigenvalue weighted by Gasteiger charge is 2.47. The SMILES string of the molecule is O=C(O)c1cc2c3c(c1)[C@H]1CC=C[C@@H]1[C@H](c1ccc(Br)cc1)N3C[C@H]1CC=C[C@H]21. The van der Waals surface area contributed by atoms with E-state index in [-0.39, 0.29) is 0 Å². The van der Waals surface area contributed by atoms with Crippen LogP contribution in [0.1, 0.15) is 57.8 Å². The molecule has 2 aliphatic carbocycles. The summed E-state index contributed by atoms with van der Waals surface area (Å²) in [5.41, 5.74) is 5.55. The van der Waals surface area contributed by atoms with Crippen molar-refractivity contribution in [2.24, 2.45) is 11.8 Å². The second-order valence-corrected chi connectivity index (χ2v) is 9.67. The van der Waals surface area contributed by atoms with E-state index in [1.807, 2.05) is 12.1 Å². The van der Waals surface area contributed by atoms with E-state index in [2.05, 4.69) is 69.4 Å². The molecule has 29 heavy (non-hydrogen) atoms. The average Bonchev–Trinajstić information content (AvgIpc) is 3.38. The quantitative estimate of drug-likeness (QED) is 0.570. The lowest BCUT2D eigenvalue weighted by Gasteiger charge is -2.51. The number of anilines is 1. The molecule has 0 fully saturated rings. The molecule has 0 saturated carbocycles. The van der Waals surface area contributed by atoms with Crippen molar-refractivity contribution in [2.45, 2.75) is 30.7 Å². The van der Waals surface area contributed by atoms with Crippen LogP contribution in [-0.2, 0) is 0 Å². The van der Waals surface area contributed by atoms with E-state index in [0.29, 0.717) is 35.3 Å². The maximum atomic E-state index is 11.9. The summed E-state index contributed by atoms with van der Waals surface area (Å²) < 4.78 is 1.10. The third-order valence-corrected chi connectivity index (χ3v) is 7.84. The third kappa shape index (κ3) is 2.51. The minimum atomic E-state index is -0.822. The normalized spacial score (nSPS) is 30.8. The van der Waals surface area contributed by atoms with Gasteiger partial charge in [0.2, 0.25) is 0 Å². The fraction of sp³-hybridized carbons (Fsp3) is 0.320. The van der Waals surface area contributed by atoms with Crippen molar-refractivity contribution < 1.29 is 9.90 Å². The van der Waals surface area contributed by atoms with Crippen LogP contribution in [0, 0.1) is 11.8 Å². The van der Waals surface area contributed by atoms with Crippen LogP contribution >= 0.6 is 15.9 Å². The van der Waals surface area contributed by atoms with Crippen LogP contribution in [0.4, 0.5) is 5.69 Å². The van der Waals surface area contributed by atoms with Crippen LogP contribution in [0.25, 0.3) is 0 Å². The summed E-state index contributed by atoms with van der Waals surface area (Å²) in [7, 11) is 0. The molecule has 3 nitrogen and oxygen atoms in total. The topological polar surface area (TPSA) is 40.5 Å². The van der Waals surface area contributed by atoms with E-state index in [1.54, 1.807) is 0 Å². The second kappa shape index (κ2) is 6.33. The first-order chi connectivity index (χ1) is 14.1. The van der Waals surface area contributed by atoms with Crippen molar-refractivity contribution in [2.75, 3.05) is 11.4 Å². The zero-order valence-corrected chi connectivity index (χ0v) is 17.5. The standard InChI is InChI=1S/C25H22BrNO2/c26-17-9-7-14(8-10-17)23-20-6-2-5-19(20)22-12-16(25(28)29)11-21-18-4-1-3-15(18)13-27(23)24(21)22/h1-2,4,6-12,15,18-20,23H,3,5,13H2,(H,28,29)/t15-,18+,19+,20+,23+/m1/s1. The van der Waals surface area contributed by atoms with Crippen LogP contribution in [0.3, 0.4) is 0 Å². The van der Waals surface area contributed by atoms with Gasteiger partial charge in [-0.2, -0.15) is 0 Å². The smallest absolute Gasteiger partial charge is 0.335 e. The number of aromatic carboxylic acids is 1. The highest BCUT2D eigenvalue weighted by Crippen LogP contribution is 2.58. The van der Waals surface area contributed by atoms with Gasteiger partial charge in [-0.1, -0.05) is 52.4 Å². The molecular formula is C25H22BrNO2. The van der Waals surface area contributed by atoms with E-state index in [4.69, 9.17) is 0 Å². The number of rotatable bonds is 2. The number of carboxylic acid groups (broad SMARTS) is 1. The first kappa shape index (κ1) is 17.5. The largest absolute Gasteiger partial charge is 0.478 e. The number of carboxylic acids is 1. The van der Waals surface area contributed by atoms with E-state index >= 15 is 0 Å². The Morgan fingerprint density at radius 2 is 1.79 bits per heavy atom. The van der Waals surface area contributed by atoms with Gasteiger partial charge in [-0.25, -0.2) is 4.79 Å². The molecule has 2 aliphatic heterocycles. The summed E-state index contributed by atoms with van der Waals surface area (Å²) in [6.45, 7) is 1.03. The fourth-order valence-corrected chi connectivity index (χ4v) is 6.39. The highest BCUT2D eigenvalue weighted by molar-refractivity contribution is 9.10. The van der Waals surface area contributed by atoms with Gasteiger partial charge in [0.1, 0.15) is 0 Å². The summed E-state index contributed by atoms with van der Waals surface area (Å²) >= 11 is 3.57. The molecule has 0 bridgehead atoms. The van der Waals surface area contributed by atoms with Gasteiger partial charge < -0.3 is 10.0 Å².